The molecule has 0 spiro atoms. The van der Waals surface area contributed by atoms with Crippen molar-refractivity contribution >= 4 is 13.8 Å². The van der Waals surface area contributed by atoms with E-state index in [-0.39, 0.29) is 36.5 Å². The molecule has 0 saturated carbocycles. The number of phosphoric acid groups is 1. The second-order valence-corrected chi connectivity index (χ2v) is 3.40. The van der Waals surface area contributed by atoms with Gasteiger partial charge in [0.05, 0.1) is 5.56 Å². The van der Waals surface area contributed by atoms with Crippen molar-refractivity contribution in [3.05, 3.63) is 35.9 Å². The number of rotatable bonds is 2. The van der Waals surface area contributed by atoms with Gasteiger partial charge in [-0.15, -0.1) is 0 Å². The second-order valence-electron chi connectivity index (χ2n) is 2.24. The van der Waals surface area contributed by atoms with E-state index in [4.69, 9.17) is 9.79 Å². The standard InChI is InChI=1S/C7H7O5P.Na.H/c8-7(12-13(9,10)11)6-4-2-1-3-5-6;;/h1-5H,(H2,9,10,11);;/q;+1;-1. The molecule has 0 radical (unpaired) electrons. The zero-order valence-corrected chi connectivity index (χ0v) is 10.3. The molecule has 72 valence electrons. The number of benzene rings is 1. The summed E-state index contributed by atoms with van der Waals surface area (Å²) in [6, 6.07) is 7.61. The van der Waals surface area contributed by atoms with Gasteiger partial charge < -0.3 is 5.95 Å². The average molecular weight is 226 g/mol. The molecule has 0 aliphatic rings. The molecular weight excluding hydrogens is 218 g/mol. The Balaban J connectivity index is 0. The Morgan fingerprint density at radius 3 is 2.21 bits per heavy atom. The van der Waals surface area contributed by atoms with E-state index in [0.717, 1.165) is 0 Å². The summed E-state index contributed by atoms with van der Waals surface area (Å²) in [7, 11) is -4.74. The molecule has 0 atom stereocenters. The predicted octanol–water partition coefficient (Wildman–Crippen LogP) is -1.95. The van der Waals surface area contributed by atoms with Crippen molar-refractivity contribution in [2.75, 3.05) is 0 Å². The summed E-state index contributed by atoms with van der Waals surface area (Å²) < 4.78 is 14.1. The smallest absolute Gasteiger partial charge is 1.00 e. The fourth-order valence-electron chi connectivity index (χ4n) is 0.735. The maximum absolute atomic E-state index is 10.9. The normalized spacial score (nSPS) is 10.1. The first-order valence-electron chi connectivity index (χ1n) is 3.33. The minimum Gasteiger partial charge on any atom is -1.00 e. The Morgan fingerprint density at radius 1 is 1.29 bits per heavy atom. The molecule has 1 aromatic carbocycles. The van der Waals surface area contributed by atoms with Crippen molar-refractivity contribution < 1.29 is 54.7 Å². The summed E-state index contributed by atoms with van der Waals surface area (Å²) in [4.78, 5) is 27.6. The summed E-state index contributed by atoms with van der Waals surface area (Å²) in [6.45, 7) is 0. The van der Waals surface area contributed by atoms with Crippen LogP contribution in [0.3, 0.4) is 0 Å². The molecule has 0 unspecified atom stereocenters. The number of phosphoric ester groups is 1. The minimum absolute atomic E-state index is 0. The fraction of sp³-hybridized carbons (Fsp3) is 0. The van der Waals surface area contributed by atoms with Gasteiger partial charge in [0, 0.05) is 0 Å². The van der Waals surface area contributed by atoms with Crippen molar-refractivity contribution in [1.29, 1.82) is 0 Å². The number of carbonyl (C=O) groups excluding carboxylic acids is 1. The van der Waals surface area contributed by atoms with E-state index >= 15 is 0 Å². The third kappa shape index (κ3) is 4.91. The molecule has 7 heteroatoms. The van der Waals surface area contributed by atoms with Crippen LogP contribution in [-0.2, 0) is 9.09 Å². The van der Waals surface area contributed by atoms with E-state index in [0.29, 0.717) is 0 Å². The first kappa shape index (κ1) is 13.8. The van der Waals surface area contributed by atoms with Crippen LogP contribution in [0.25, 0.3) is 0 Å². The molecule has 0 saturated heterocycles. The van der Waals surface area contributed by atoms with Gasteiger partial charge in [-0.25, -0.2) is 9.36 Å². The van der Waals surface area contributed by atoms with Gasteiger partial charge in [0.2, 0.25) is 0 Å². The van der Waals surface area contributed by atoms with E-state index in [1.54, 1.807) is 18.2 Å². The van der Waals surface area contributed by atoms with Gasteiger partial charge in [-0.05, 0) is 12.1 Å². The van der Waals surface area contributed by atoms with Gasteiger partial charge in [0.1, 0.15) is 0 Å². The molecule has 2 N–H and O–H groups in total. The predicted molar refractivity (Wildman–Crippen MR) is 45.0 cm³/mol. The van der Waals surface area contributed by atoms with Crippen LogP contribution in [-0.4, -0.2) is 15.8 Å². The average Bonchev–Trinajstić information content (AvgIpc) is 2.03. The van der Waals surface area contributed by atoms with Gasteiger partial charge in [0.15, 0.2) is 0 Å². The second kappa shape index (κ2) is 5.66. The van der Waals surface area contributed by atoms with E-state index in [1.165, 1.54) is 12.1 Å². The van der Waals surface area contributed by atoms with Gasteiger partial charge in [-0.1, -0.05) is 18.2 Å². The zero-order chi connectivity index (χ0) is 9.90. The van der Waals surface area contributed by atoms with Crippen LogP contribution < -0.4 is 29.6 Å². The molecule has 14 heavy (non-hydrogen) atoms. The van der Waals surface area contributed by atoms with E-state index < -0.39 is 13.8 Å². The summed E-state index contributed by atoms with van der Waals surface area (Å²) in [6.07, 6.45) is 0. The minimum atomic E-state index is -4.74. The van der Waals surface area contributed by atoms with Gasteiger partial charge in [0.25, 0.3) is 0 Å². The SMILES string of the molecule is O=C(OP(=O)(O)O)c1ccccc1.[H-].[Na+]. The summed E-state index contributed by atoms with van der Waals surface area (Å²) in [5, 5.41) is 0. The van der Waals surface area contributed by atoms with Crippen LogP contribution in [0.15, 0.2) is 30.3 Å². The fourth-order valence-corrected chi connectivity index (χ4v) is 1.06. The zero-order valence-electron chi connectivity index (χ0n) is 8.45. The van der Waals surface area contributed by atoms with Crippen molar-refractivity contribution in [3.8, 4) is 0 Å². The molecular formula is C7H8NaO5P. The van der Waals surface area contributed by atoms with E-state index in [2.05, 4.69) is 4.52 Å². The molecule has 0 aliphatic carbocycles. The van der Waals surface area contributed by atoms with Gasteiger partial charge in [-0.2, -0.15) is 0 Å². The van der Waals surface area contributed by atoms with E-state index in [9.17, 15) is 9.36 Å². The van der Waals surface area contributed by atoms with Crippen molar-refractivity contribution in [1.82, 2.24) is 0 Å². The summed E-state index contributed by atoms with van der Waals surface area (Å²) >= 11 is 0. The van der Waals surface area contributed by atoms with Gasteiger partial charge in [-0.3, -0.25) is 9.79 Å². The molecule has 0 aromatic heterocycles. The largest absolute Gasteiger partial charge is 1.00 e. The Kier molecular flexibility index (Phi) is 5.59. The molecule has 5 nitrogen and oxygen atoms in total. The maximum Gasteiger partial charge on any atom is 1.00 e. The number of hydrogen-bond donors (Lipinski definition) is 2. The molecule has 1 aromatic rings. The van der Waals surface area contributed by atoms with Crippen LogP contribution >= 0.6 is 7.82 Å². The molecule has 0 heterocycles. The Hall–Kier alpha value is -0.160. The molecule has 0 aliphatic heterocycles. The maximum atomic E-state index is 10.9. The first-order valence-corrected chi connectivity index (χ1v) is 4.86. The summed E-state index contributed by atoms with van der Waals surface area (Å²) in [5.74, 6) is -1.03. The number of hydrogen-bond acceptors (Lipinski definition) is 3. The summed E-state index contributed by atoms with van der Waals surface area (Å²) in [5.41, 5.74) is 0.103. The Bertz CT molecular complexity index is 352. The van der Waals surface area contributed by atoms with Crippen molar-refractivity contribution in [2.45, 2.75) is 0 Å². The third-order valence-corrected chi connectivity index (χ3v) is 1.61. The van der Waals surface area contributed by atoms with Crippen LogP contribution in [0.5, 0.6) is 0 Å². The van der Waals surface area contributed by atoms with Crippen LogP contribution in [0, 0.1) is 0 Å². The first-order chi connectivity index (χ1) is 5.99. The molecule has 0 fully saturated rings. The van der Waals surface area contributed by atoms with Crippen LogP contribution in [0.2, 0.25) is 0 Å². The topological polar surface area (TPSA) is 83.8 Å². The quantitative estimate of drug-likeness (QED) is 0.452. The van der Waals surface area contributed by atoms with Crippen LogP contribution in [0.1, 0.15) is 11.8 Å². The van der Waals surface area contributed by atoms with Crippen molar-refractivity contribution in [2.24, 2.45) is 0 Å². The Labute approximate surface area is 104 Å². The van der Waals surface area contributed by atoms with Gasteiger partial charge >= 0.3 is 43.3 Å². The third-order valence-electron chi connectivity index (χ3n) is 1.21. The monoisotopic (exact) mass is 226 g/mol. The molecule has 0 amide bonds. The van der Waals surface area contributed by atoms with Crippen molar-refractivity contribution in [3.63, 3.8) is 0 Å². The Morgan fingerprint density at radius 2 is 1.79 bits per heavy atom. The van der Waals surface area contributed by atoms with E-state index in [1.807, 2.05) is 0 Å². The molecule has 0 bridgehead atoms. The molecule has 1 rings (SSSR count). The number of carbonyl (C=O) groups is 1. The van der Waals surface area contributed by atoms with Crippen LogP contribution in [0.4, 0.5) is 0 Å².